The van der Waals surface area contributed by atoms with Crippen LogP contribution in [0, 0.1) is 5.41 Å². The Balaban J connectivity index is 1.94. The van der Waals surface area contributed by atoms with Crippen LogP contribution in [0.1, 0.15) is 44.6 Å². The molecule has 0 spiro atoms. The zero-order valence-corrected chi connectivity index (χ0v) is 13.8. The molecule has 0 aromatic heterocycles. The van der Waals surface area contributed by atoms with Crippen LogP contribution >= 0.6 is 11.6 Å². The number of aliphatic hydroxyl groups is 1. The molecule has 2 rings (SSSR count). The first kappa shape index (κ1) is 17.0. The highest BCUT2D eigenvalue weighted by Crippen LogP contribution is 2.35. The van der Waals surface area contributed by atoms with E-state index in [9.17, 15) is 9.90 Å². The third-order valence-corrected chi connectivity index (χ3v) is 4.74. The Morgan fingerprint density at radius 3 is 2.50 bits per heavy atom. The highest BCUT2D eigenvalue weighted by atomic mass is 35.5. The predicted octanol–water partition coefficient (Wildman–Crippen LogP) is 3.80. The Hall–Kier alpha value is -1.32. The fourth-order valence-electron chi connectivity index (χ4n) is 2.97. The number of hydrogen-bond acceptors (Lipinski definition) is 2. The van der Waals surface area contributed by atoms with Crippen LogP contribution in [0.4, 0.5) is 0 Å². The molecule has 3 nitrogen and oxygen atoms in total. The van der Waals surface area contributed by atoms with Crippen molar-refractivity contribution < 1.29 is 9.90 Å². The Bertz CT molecular complexity index is 531. The van der Waals surface area contributed by atoms with Crippen molar-refractivity contribution in [2.24, 2.45) is 5.41 Å². The summed E-state index contributed by atoms with van der Waals surface area (Å²) < 4.78 is 0. The third kappa shape index (κ3) is 4.59. The molecule has 0 saturated heterocycles. The topological polar surface area (TPSA) is 49.3 Å². The van der Waals surface area contributed by atoms with Gasteiger partial charge in [-0.25, -0.2) is 0 Å². The summed E-state index contributed by atoms with van der Waals surface area (Å²) >= 11 is 5.85. The number of amides is 1. The Morgan fingerprint density at radius 1 is 1.27 bits per heavy atom. The lowest BCUT2D eigenvalue weighted by Gasteiger charge is -2.35. The number of rotatable bonds is 5. The Morgan fingerprint density at radius 2 is 1.91 bits per heavy atom. The van der Waals surface area contributed by atoms with Crippen molar-refractivity contribution in [1.82, 2.24) is 5.32 Å². The molecule has 0 bridgehead atoms. The number of hydrogen-bond donors (Lipinski definition) is 2. The van der Waals surface area contributed by atoms with E-state index < -0.39 is 0 Å². The normalized spacial score (nSPS) is 18.0. The van der Waals surface area contributed by atoms with E-state index in [-0.39, 0.29) is 17.9 Å². The van der Waals surface area contributed by atoms with Gasteiger partial charge in [0.1, 0.15) is 0 Å². The van der Waals surface area contributed by atoms with Crippen LogP contribution in [0.15, 0.2) is 29.8 Å². The maximum absolute atomic E-state index is 12.2. The summed E-state index contributed by atoms with van der Waals surface area (Å²) in [6.45, 7) is 2.50. The second-order valence-electron chi connectivity index (χ2n) is 6.28. The monoisotopic (exact) mass is 321 g/mol. The van der Waals surface area contributed by atoms with Crippen molar-refractivity contribution in [1.29, 1.82) is 0 Å². The molecule has 22 heavy (non-hydrogen) atoms. The average molecular weight is 322 g/mol. The number of aliphatic hydroxyl groups excluding tert-OH is 1. The van der Waals surface area contributed by atoms with Crippen molar-refractivity contribution in [3.8, 4) is 0 Å². The quantitative estimate of drug-likeness (QED) is 0.810. The molecule has 1 amide bonds. The zero-order valence-electron chi connectivity index (χ0n) is 13.1. The van der Waals surface area contributed by atoms with Crippen LogP contribution in [-0.2, 0) is 4.79 Å². The lowest BCUT2D eigenvalue weighted by Crippen LogP contribution is -2.41. The molecular formula is C18H24ClNO2. The molecule has 1 aromatic rings. The third-order valence-electron chi connectivity index (χ3n) is 4.48. The summed E-state index contributed by atoms with van der Waals surface area (Å²) in [5.74, 6) is -0.0756. The Kier molecular flexibility index (Phi) is 6.04. The van der Waals surface area contributed by atoms with Gasteiger partial charge in [-0.15, -0.1) is 0 Å². The molecule has 1 aliphatic rings. The first-order chi connectivity index (χ1) is 10.5. The van der Waals surface area contributed by atoms with Crippen LogP contribution in [0.3, 0.4) is 0 Å². The van der Waals surface area contributed by atoms with Gasteiger partial charge in [-0.3, -0.25) is 4.79 Å². The predicted molar refractivity (Wildman–Crippen MR) is 90.7 cm³/mol. The molecule has 1 saturated carbocycles. The van der Waals surface area contributed by atoms with Crippen molar-refractivity contribution >= 4 is 23.6 Å². The minimum atomic E-state index is -0.130. The van der Waals surface area contributed by atoms with Gasteiger partial charge in [-0.2, -0.15) is 0 Å². The number of carbonyl (C=O) groups excluding carboxylic acids is 1. The largest absolute Gasteiger partial charge is 0.396 e. The van der Waals surface area contributed by atoms with Gasteiger partial charge in [0.25, 0.3) is 0 Å². The van der Waals surface area contributed by atoms with Gasteiger partial charge in [0.2, 0.25) is 5.91 Å². The second kappa shape index (κ2) is 7.80. The highest BCUT2D eigenvalue weighted by molar-refractivity contribution is 6.30. The minimum absolute atomic E-state index is 0.0756. The fraction of sp³-hybridized carbons (Fsp3) is 0.500. The summed E-state index contributed by atoms with van der Waals surface area (Å²) in [5, 5.41) is 13.3. The van der Waals surface area contributed by atoms with Gasteiger partial charge in [0.05, 0.1) is 6.61 Å². The number of nitrogens with one attached hydrogen (secondary N) is 1. The molecule has 0 atom stereocenters. The molecule has 0 unspecified atom stereocenters. The summed E-state index contributed by atoms with van der Waals surface area (Å²) in [7, 11) is 0. The molecule has 1 fully saturated rings. The first-order valence-electron chi connectivity index (χ1n) is 7.88. The number of halogens is 1. The van der Waals surface area contributed by atoms with E-state index in [1.807, 2.05) is 18.2 Å². The van der Waals surface area contributed by atoms with Crippen molar-refractivity contribution in [3.05, 3.63) is 40.4 Å². The molecule has 4 heteroatoms. The SMILES string of the molecule is C/C(=C\c1ccc(Cl)cc1)C(=O)NCC1(CO)CCCCC1. The summed E-state index contributed by atoms with van der Waals surface area (Å²) in [4.78, 5) is 12.2. The van der Waals surface area contributed by atoms with E-state index in [1.54, 1.807) is 19.1 Å². The van der Waals surface area contributed by atoms with Crippen LogP contribution < -0.4 is 5.32 Å². The van der Waals surface area contributed by atoms with Gasteiger partial charge in [0, 0.05) is 22.6 Å². The van der Waals surface area contributed by atoms with Crippen molar-refractivity contribution in [2.75, 3.05) is 13.2 Å². The molecule has 0 heterocycles. The van der Waals surface area contributed by atoms with Gasteiger partial charge >= 0.3 is 0 Å². The second-order valence-corrected chi connectivity index (χ2v) is 6.72. The van der Waals surface area contributed by atoms with Gasteiger partial charge in [-0.1, -0.05) is 43.0 Å². The molecule has 1 aliphatic carbocycles. The maximum Gasteiger partial charge on any atom is 0.246 e. The lowest BCUT2D eigenvalue weighted by atomic mass is 9.74. The summed E-state index contributed by atoms with van der Waals surface area (Å²) in [6.07, 6.45) is 7.32. The molecule has 120 valence electrons. The van der Waals surface area contributed by atoms with E-state index in [1.165, 1.54) is 6.42 Å². The van der Waals surface area contributed by atoms with Crippen LogP contribution in [0.2, 0.25) is 5.02 Å². The van der Waals surface area contributed by atoms with E-state index in [0.29, 0.717) is 17.1 Å². The molecule has 1 aromatic carbocycles. The van der Waals surface area contributed by atoms with Gasteiger partial charge in [0.15, 0.2) is 0 Å². The van der Waals surface area contributed by atoms with E-state index >= 15 is 0 Å². The molecule has 0 aliphatic heterocycles. The van der Waals surface area contributed by atoms with Crippen LogP contribution in [0.5, 0.6) is 0 Å². The minimum Gasteiger partial charge on any atom is -0.396 e. The molecule has 2 N–H and O–H groups in total. The van der Waals surface area contributed by atoms with Crippen molar-refractivity contribution in [3.63, 3.8) is 0 Å². The Labute approximate surface area is 137 Å². The highest BCUT2D eigenvalue weighted by Gasteiger charge is 2.31. The van der Waals surface area contributed by atoms with Gasteiger partial charge in [-0.05, 0) is 43.5 Å². The lowest BCUT2D eigenvalue weighted by molar-refractivity contribution is -0.118. The summed E-state index contributed by atoms with van der Waals surface area (Å²) in [6, 6.07) is 7.38. The van der Waals surface area contributed by atoms with Crippen LogP contribution in [0.25, 0.3) is 6.08 Å². The number of carbonyl (C=O) groups is 1. The van der Waals surface area contributed by atoms with Crippen molar-refractivity contribution in [2.45, 2.75) is 39.0 Å². The van der Waals surface area contributed by atoms with E-state index in [4.69, 9.17) is 11.6 Å². The van der Waals surface area contributed by atoms with Crippen LogP contribution in [-0.4, -0.2) is 24.2 Å². The van der Waals surface area contributed by atoms with E-state index in [2.05, 4.69) is 5.32 Å². The molecule has 0 radical (unpaired) electrons. The molecular weight excluding hydrogens is 298 g/mol. The first-order valence-corrected chi connectivity index (χ1v) is 8.25. The summed E-state index contributed by atoms with van der Waals surface area (Å²) in [5.41, 5.74) is 1.48. The smallest absolute Gasteiger partial charge is 0.246 e. The standard InChI is InChI=1S/C18H24ClNO2/c1-14(11-15-5-7-16(19)8-6-15)17(22)20-12-18(13-21)9-3-2-4-10-18/h5-8,11,21H,2-4,9-10,12-13H2,1H3,(H,20,22)/b14-11+. The fourth-order valence-corrected chi connectivity index (χ4v) is 3.10. The zero-order chi connectivity index (χ0) is 16.0. The number of benzene rings is 1. The van der Waals surface area contributed by atoms with E-state index in [0.717, 1.165) is 31.2 Å². The average Bonchev–Trinajstić information content (AvgIpc) is 2.55. The maximum atomic E-state index is 12.2. The van der Waals surface area contributed by atoms with Gasteiger partial charge < -0.3 is 10.4 Å².